The maximum Gasteiger partial charge on any atom is 0.573 e. The van der Waals surface area contributed by atoms with E-state index in [1.54, 1.807) is 16.8 Å². The van der Waals surface area contributed by atoms with Crippen LogP contribution in [0.4, 0.5) is 18.9 Å². The predicted molar refractivity (Wildman–Crippen MR) is 157 cm³/mol. The molecule has 4 rings (SSSR count). The summed E-state index contributed by atoms with van der Waals surface area (Å²) in [6.07, 6.45) is -3.12. The third kappa shape index (κ3) is 7.43. The Labute approximate surface area is 248 Å². The average Bonchev–Trinajstić information content (AvgIpc) is 3.21. The molecule has 1 saturated heterocycles. The van der Waals surface area contributed by atoms with Crippen LogP contribution < -0.4 is 15.0 Å². The van der Waals surface area contributed by atoms with Gasteiger partial charge in [-0.15, -0.1) is 13.2 Å². The van der Waals surface area contributed by atoms with Crippen molar-refractivity contribution in [2.45, 2.75) is 38.6 Å². The van der Waals surface area contributed by atoms with E-state index in [1.807, 2.05) is 40.1 Å². The molecule has 1 spiro atoms. The zero-order valence-electron chi connectivity index (χ0n) is 24.5. The number of hydrogen-bond donors (Lipinski definition) is 1. The Balaban J connectivity index is 1.46. The molecule has 0 atom stereocenters. The Morgan fingerprint density at radius 1 is 1.12 bits per heavy atom. The fourth-order valence-electron chi connectivity index (χ4n) is 5.11. The number of benzene rings is 2. The fourth-order valence-corrected chi connectivity index (χ4v) is 6.28. The number of carbonyl (C=O) groups is 2. The van der Waals surface area contributed by atoms with E-state index in [-0.39, 0.29) is 49.8 Å². The van der Waals surface area contributed by atoms with Crippen molar-refractivity contribution in [2.75, 3.05) is 45.7 Å². The van der Waals surface area contributed by atoms with E-state index in [4.69, 9.17) is 0 Å². The van der Waals surface area contributed by atoms with E-state index in [1.165, 1.54) is 22.5 Å². The first-order valence-electron chi connectivity index (χ1n) is 13.5. The van der Waals surface area contributed by atoms with Crippen LogP contribution in [0.5, 0.6) is 5.75 Å². The van der Waals surface area contributed by atoms with Crippen molar-refractivity contribution >= 4 is 39.4 Å². The number of nitrogens with one attached hydrogen (secondary N) is 1. The molecule has 232 valence electrons. The lowest BCUT2D eigenvalue weighted by Crippen LogP contribution is -2.50. The van der Waals surface area contributed by atoms with Gasteiger partial charge in [-0.1, -0.05) is 12.1 Å². The van der Waals surface area contributed by atoms with Crippen LogP contribution in [-0.4, -0.2) is 88.0 Å². The third-order valence-electron chi connectivity index (χ3n) is 7.43. The number of aryl methyl sites for hydroxylation is 2. The normalized spacial score (nSPS) is 17.4. The van der Waals surface area contributed by atoms with Crippen molar-refractivity contribution in [2.24, 2.45) is 4.99 Å². The molecule has 2 aromatic rings. The van der Waals surface area contributed by atoms with Crippen molar-refractivity contribution in [3.63, 3.8) is 0 Å². The topological polar surface area (TPSA) is 112 Å². The number of hydrogen-bond acceptors (Lipinski definition) is 7. The van der Waals surface area contributed by atoms with Gasteiger partial charge in [-0.25, -0.2) is 8.42 Å². The first kappa shape index (κ1) is 32.2. The van der Waals surface area contributed by atoms with Gasteiger partial charge in [-0.05, 0) is 87.8 Å². The van der Waals surface area contributed by atoms with Gasteiger partial charge in [-0.2, -0.15) is 4.31 Å². The molecule has 0 saturated carbocycles. The number of aliphatic imine (C=N–C) groups is 1. The van der Waals surface area contributed by atoms with Crippen LogP contribution in [0.1, 0.15) is 35.1 Å². The van der Waals surface area contributed by atoms with Gasteiger partial charge in [-0.3, -0.25) is 14.6 Å². The van der Waals surface area contributed by atoms with Gasteiger partial charge >= 0.3 is 6.36 Å². The van der Waals surface area contributed by atoms with Crippen molar-refractivity contribution in [1.82, 2.24) is 14.5 Å². The van der Waals surface area contributed by atoms with Crippen LogP contribution in [0.3, 0.4) is 0 Å². The Kier molecular flexibility index (Phi) is 9.05. The van der Waals surface area contributed by atoms with Crippen molar-refractivity contribution < 1.29 is 35.9 Å². The molecule has 0 bridgehead atoms. The van der Waals surface area contributed by atoms with E-state index in [9.17, 15) is 31.2 Å². The summed E-state index contributed by atoms with van der Waals surface area (Å²) in [7, 11) is 1.48. The van der Waals surface area contributed by atoms with Crippen LogP contribution in [0.2, 0.25) is 0 Å². The first-order chi connectivity index (χ1) is 20.0. The molecule has 2 heterocycles. The molecule has 0 radical (unpaired) electrons. The van der Waals surface area contributed by atoms with Gasteiger partial charge in [0.15, 0.2) is 0 Å². The number of anilines is 1. The molecule has 0 aromatic heterocycles. The van der Waals surface area contributed by atoms with E-state index >= 15 is 0 Å². The highest BCUT2D eigenvalue weighted by Crippen LogP contribution is 2.33. The second-order valence-electron chi connectivity index (χ2n) is 11.0. The maximum absolute atomic E-state index is 13.2. The fraction of sp³-hybridized carbons (Fsp3) is 0.414. The van der Waals surface area contributed by atoms with Gasteiger partial charge in [0.2, 0.25) is 15.9 Å². The number of amides is 2. The van der Waals surface area contributed by atoms with Crippen LogP contribution in [0.15, 0.2) is 46.8 Å². The number of alkyl halides is 3. The molecule has 2 aliphatic rings. The zero-order chi connectivity index (χ0) is 31.7. The molecule has 14 heteroatoms. The van der Waals surface area contributed by atoms with E-state index in [2.05, 4.69) is 15.0 Å². The maximum atomic E-state index is 13.2. The van der Waals surface area contributed by atoms with Gasteiger partial charge in [0.25, 0.3) is 5.91 Å². The Morgan fingerprint density at radius 3 is 2.33 bits per heavy atom. The number of piperidine rings is 1. The third-order valence-corrected chi connectivity index (χ3v) is 8.99. The zero-order valence-corrected chi connectivity index (χ0v) is 25.3. The quantitative estimate of drug-likeness (QED) is 0.484. The van der Waals surface area contributed by atoms with Crippen LogP contribution >= 0.6 is 0 Å². The lowest BCUT2D eigenvalue weighted by atomic mass is 9.89. The molecule has 0 aliphatic carbocycles. The van der Waals surface area contributed by atoms with Gasteiger partial charge in [0.1, 0.15) is 17.1 Å². The monoisotopic (exact) mass is 621 g/mol. The van der Waals surface area contributed by atoms with Crippen molar-refractivity contribution in [1.29, 1.82) is 0 Å². The summed E-state index contributed by atoms with van der Waals surface area (Å²) in [4.78, 5) is 33.2. The lowest BCUT2D eigenvalue weighted by molar-refractivity contribution is -0.274. The summed E-state index contributed by atoms with van der Waals surface area (Å²) in [6, 6.07) is 8.79. The Bertz CT molecular complexity index is 1560. The van der Waals surface area contributed by atoms with Crippen LogP contribution in [-0.2, 0) is 19.6 Å². The molecule has 1 N–H and O–H groups in total. The SMILES string of the molecule is Cc1cc(N(C)C(=O)CN(C)C)cc(C)c1C=CS(=O)(=O)N1CCC2(CC1)N=C(c1cccc(OC(F)(F)F)c1)NC2=O. The van der Waals surface area contributed by atoms with Crippen LogP contribution in [0, 0.1) is 13.8 Å². The number of ether oxygens (including phenoxy) is 1. The largest absolute Gasteiger partial charge is 0.573 e. The van der Waals surface area contributed by atoms with Crippen LogP contribution in [0.25, 0.3) is 6.08 Å². The summed E-state index contributed by atoms with van der Waals surface area (Å²) in [5, 5.41) is 3.76. The molecular weight excluding hydrogens is 587 g/mol. The number of rotatable bonds is 8. The number of halogens is 3. The van der Waals surface area contributed by atoms with Gasteiger partial charge in [0.05, 0.1) is 6.54 Å². The molecule has 10 nitrogen and oxygen atoms in total. The molecule has 2 aromatic carbocycles. The second-order valence-corrected chi connectivity index (χ2v) is 12.8. The van der Waals surface area contributed by atoms with E-state index in [0.29, 0.717) is 5.69 Å². The van der Waals surface area contributed by atoms with Crippen molar-refractivity contribution in [3.05, 3.63) is 64.1 Å². The molecule has 43 heavy (non-hydrogen) atoms. The summed E-state index contributed by atoms with van der Waals surface area (Å²) in [6.45, 7) is 4.01. The van der Waals surface area contributed by atoms with Gasteiger partial charge < -0.3 is 19.9 Å². The lowest BCUT2D eigenvalue weighted by Gasteiger charge is -2.34. The minimum absolute atomic E-state index is 0.0315. The smallest absolute Gasteiger partial charge is 0.406 e. The molecule has 1 fully saturated rings. The number of likely N-dealkylation sites (N-methyl/N-ethyl adjacent to an activating group) is 2. The molecular formula is C29H34F3N5O5S. The number of sulfonamides is 1. The highest BCUT2D eigenvalue weighted by atomic mass is 32.2. The minimum atomic E-state index is -4.86. The molecule has 0 unspecified atom stereocenters. The summed E-state index contributed by atoms with van der Waals surface area (Å²) >= 11 is 0. The second kappa shape index (κ2) is 12.1. The standard InChI is InChI=1S/C29H34F3N5O5S/c1-19-15-22(36(5)25(38)18-35(3)4)16-20(2)24(19)9-14-43(40,41)37-12-10-28(11-13-37)27(39)33-26(34-28)21-7-6-8-23(17-21)42-29(30,31)32/h6-9,14-17H,10-13,18H2,1-5H3,(H,33,34,39). The van der Waals surface area contributed by atoms with E-state index in [0.717, 1.165) is 34.2 Å². The number of nitrogens with zero attached hydrogens (tertiary/aromatic N) is 4. The first-order valence-corrected chi connectivity index (χ1v) is 15.0. The number of carbonyl (C=O) groups excluding carboxylic acids is 2. The highest BCUT2D eigenvalue weighted by molar-refractivity contribution is 7.92. The summed E-state index contributed by atoms with van der Waals surface area (Å²) in [5.41, 5.74) is 2.06. The Morgan fingerprint density at radius 2 is 1.74 bits per heavy atom. The molecule has 2 amide bonds. The minimum Gasteiger partial charge on any atom is -0.406 e. The summed E-state index contributed by atoms with van der Waals surface area (Å²) < 4.78 is 69.6. The number of amidine groups is 1. The predicted octanol–water partition coefficient (Wildman–Crippen LogP) is 3.44. The Hall–Kier alpha value is -3.75. The van der Waals surface area contributed by atoms with Crippen molar-refractivity contribution in [3.8, 4) is 5.75 Å². The molecule has 2 aliphatic heterocycles. The average molecular weight is 622 g/mol. The highest BCUT2D eigenvalue weighted by Gasteiger charge is 2.47. The van der Waals surface area contributed by atoms with E-state index < -0.39 is 33.6 Å². The van der Waals surface area contributed by atoms with Gasteiger partial charge in [0, 0.05) is 36.8 Å². The summed E-state index contributed by atoms with van der Waals surface area (Å²) in [5.74, 6) is -0.843.